The summed E-state index contributed by atoms with van der Waals surface area (Å²) in [5, 5.41) is 0. The maximum absolute atomic E-state index is 11.7. The number of hydrogen-bond donors (Lipinski definition) is 1. The van der Waals surface area contributed by atoms with Crippen molar-refractivity contribution in [3.05, 3.63) is 22.6 Å². The molecule has 0 aliphatic rings. The van der Waals surface area contributed by atoms with Crippen molar-refractivity contribution < 1.29 is 17.9 Å². The van der Waals surface area contributed by atoms with Crippen molar-refractivity contribution in [2.24, 2.45) is 5.73 Å². The van der Waals surface area contributed by atoms with Crippen molar-refractivity contribution in [1.29, 1.82) is 0 Å². The molecule has 1 atom stereocenters. The molecule has 86 valence electrons. The summed E-state index contributed by atoms with van der Waals surface area (Å²) in [6.45, 7) is -0.349. The van der Waals surface area contributed by atoms with Crippen LogP contribution in [0.3, 0.4) is 0 Å². The van der Waals surface area contributed by atoms with Crippen LogP contribution in [-0.4, -0.2) is 19.6 Å². The van der Waals surface area contributed by atoms with Gasteiger partial charge in [-0.2, -0.15) is 0 Å². The molecule has 15 heavy (non-hydrogen) atoms. The highest BCUT2D eigenvalue weighted by Crippen LogP contribution is 2.20. The summed E-state index contributed by atoms with van der Waals surface area (Å²) >= 11 is 3.15. The molecule has 0 spiro atoms. The first kappa shape index (κ1) is 12.6. The number of ether oxygens (including phenoxy) is 1. The molecule has 1 unspecified atom stereocenters. The molecule has 0 saturated heterocycles. The Bertz CT molecular complexity index is 293. The van der Waals surface area contributed by atoms with Gasteiger partial charge in [0.15, 0.2) is 4.67 Å². The first-order valence-electron chi connectivity index (χ1n) is 4.46. The lowest BCUT2D eigenvalue weighted by Crippen LogP contribution is -2.14. The van der Waals surface area contributed by atoms with Crippen LogP contribution in [0, 0.1) is 0 Å². The lowest BCUT2D eigenvalue weighted by atomic mass is 10.2. The van der Waals surface area contributed by atoms with E-state index in [1.54, 1.807) is 12.1 Å². The van der Waals surface area contributed by atoms with Crippen LogP contribution in [0.1, 0.15) is 18.2 Å². The third-order valence-electron chi connectivity index (χ3n) is 1.78. The summed E-state index contributed by atoms with van der Waals surface area (Å²) < 4.78 is 33.9. The average molecular weight is 284 g/mol. The number of halogens is 3. The van der Waals surface area contributed by atoms with E-state index < -0.39 is 13.0 Å². The van der Waals surface area contributed by atoms with Crippen LogP contribution in [-0.2, 0) is 4.74 Å². The minimum absolute atomic E-state index is 0.198. The Morgan fingerprint density at radius 1 is 1.47 bits per heavy atom. The number of alkyl halides is 2. The SMILES string of the molecule is NC(CCOCC(F)F)c1ccc(Br)o1. The molecule has 0 saturated carbocycles. The first-order valence-corrected chi connectivity index (χ1v) is 5.25. The predicted octanol–water partition coefficient (Wildman–Crippen LogP) is 2.71. The standard InChI is InChI=1S/C9H12BrF2NO2/c10-8-2-1-7(15-8)6(13)3-4-14-5-9(11)12/h1-2,6,9H,3-5,13H2. The average Bonchev–Trinajstić information content (AvgIpc) is 2.59. The zero-order valence-corrected chi connectivity index (χ0v) is 9.54. The fraction of sp³-hybridized carbons (Fsp3) is 0.556. The summed E-state index contributed by atoms with van der Waals surface area (Å²) in [6, 6.07) is 3.14. The molecule has 3 nitrogen and oxygen atoms in total. The molecule has 2 N–H and O–H groups in total. The van der Waals surface area contributed by atoms with E-state index in [1.807, 2.05) is 0 Å². The van der Waals surface area contributed by atoms with Crippen LogP contribution in [0.25, 0.3) is 0 Å². The Balaban J connectivity index is 2.21. The fourth-order valence-electron chi connectivity index (χ4n) is 1.05. The van der Waals surface area contributed by atoms with Gasteiger partial charge in [-0.05, 0) is 34.5 Å². The number of rotatable bonds is 6. The van der Waals surface area contributed by atoms with Crippen LogP contribution >= 0.6 is 15.9 Å². The molecule has 1 aromatic heterocycles. The van der Waals surface area contributed by atoms with Gasteiger partial charge in [0.2, 0.25) is 0 Å². The number of nitrogens with two attached hydrogens (primary N) is 1. The minimum atomic E-state index is -2.43. The van der Waals surface area contributed by atoms with Gasteiger partial charge >= 0.3 is 0 Å². The molecule has 0 bridgehead atoms. The maximum Gasteiger partial charge on any atom is 0.261 e. The van der Waals surface area contributed by atoms with Crippen LogP contribution in [0.4, 0.5) is 8.78 Å². The van der Waals surface area contributed by atoms with Gasteiger partial charge in [0.1, 0.15) is 12.4 Å². The molecule has 1 heterocycles. The molecule has 0 aliphatic carbocycles. The lowest BCUT2D eigenvalue weighted by molar-refractivity contribution is 0.0148. The van der Waals surface area contributed by atoms with Crippen molar-refractivity contribution in [1.82, 2.24) is 0 Å². The monoisotopic (exact) mass is 283 g/mol. The zero-order chi connectivity index (χ0) is 11.3. The van der Waals surface area contributed by atoms with Gasteiger partial charge in [0.25, 0.3) is 6.43 Å². The Morgan fingerprint density at radius 3 is 2.73 bits per heavy atom. The van der Waals surface area contributed by atoms with E-state index in [9.17, 15) is 8.78 Å². The van der Waals surface area contributed by atoms with E-state index in [2.05, 4.69) is 15.9 Å². The van der Waals surface area contributed by atoms with Crippen LogP contribution in [0.15, 0.2) is 21.2 Å². The molecule has 0 amide bonds. The topological polar surface area (TPSA) is 48.4 Å². The number of hydrogen-bond acceptors (Lipinski definition) is 3. The summed E-state index contributed by atoms with van der Waals surface area (Å²) in [7, 11) is 0. The zero-order valence-electron chi connectivity index (χ0n) is 7.96. The molecule has 6 heteroatoms. The molecule has 0 aliphatic heterocycles. The normalized spacial score (nSPS) is 13.4. The van der Waals surface area contributed by atoms with Crippen LogP contribution in [0.5, 0.6) is 0 Å². The molecule has 1 rings (SSSR count). The highest BCUT2D eigenvalue weighted by molar-refractivity contribution is 9.10. The second-order valence-corrected chi connectivity index (χ2v) is 3.78. The van der Waals surface area contributed by atoms with Crippen molar-refractivity contribution >= 4 is 15.9 Å². The Hall–Kier alpha value is -0.460. The second kappa shape index (κ2) is 6.19. The summed E-state index contributed by atoms with van der Waals surface area (Å²) in [5.74, 6) is 0.613. The van der Waals surface area contributed by atoms with Gasteiger partial charge in [-0.1, -0.05) is 0 Å². The van der Waals surface area contributed by atoms with E-state index in [0.29, 0.717) is 16.9 Å². The molecular formula is C9H12BrF2NO2. The predicted molar refractivity (Wildman–Crippen MR) is 54.8 cm³/mol. The van der Waals surface area contributed by atoms with Crippen molar-refractivity contribution in [2.45, 2.75) is 18.9 Å². The van der Waals surface area contributed by atoms with E-state index in [4.69, 9.17) is 14.9 Å². The molecule has 0 radical (unpaired) electrons. The van der Waals surface area contributed by atoms with Crippen LogP contribution < -0.4 is 5.73 Å². The van der Waals surface area contributed by atoms with E-state index in [0.717, 1.165) is 0 Å². The fourth-order valence-corrected chi connectivity index (χ4v) is 1.37. The highest BCUT2D eigenvalue weighted by atomic mass is 79.9. The van der Waals surface area contributed by atoms with Gasteiger partial charge in [-0.15, -0.1) is 0 Å². The van der Waals surface area contributed by atoms with Gasteiger partial charge in [-0.3, -0.25) is 0 Å². The van der Waals surface area contributed by atoms with E-state index in [-0.39, 0.29) is 12.6 Å². The van der Waals surface area contributed by atoms with E-state index >= 15 is 0 Å². The minimum Gasteiger partial charge on any atom is -0.453 e. The van der Waals surface area contributed by atoms with Crippen LogP contribution in [0.2, 0.25) is 0 Å². The quantitative estimate of drug-likeness (QED) is 0.817. The summed E-state index contributed by atoms with van der Waals surface area (Å²) in [5.41, 5.74) is 5.74. The largest absolute Gasteiger partial charge is 0.453 e. The van der Waals surface area contributed by atoms with E-state index in [1.165, 1.54) is 0 Å². The number of furan rings is 1. The molecule has 0 fully saturated rings. The Labute approximate surface area is 94.7 Å². The Morgan fingerprint density at radius 2 is 2.20 bits per heavy atom. The highest BCUT2D eigenvalue weighted by Gasteiger charge is 2.10. The van der Waals surface area contributed by atoms with Crippen molar-refractivity contribution in [3.8, 4) is 0 Å². The summed E-state index contributed by atoms with van der Waals surface area (Å²) in [4.78, 5) is 0. The van der Waals surface area contributed by atoms with Crippen molar-refractivity contribution in [2.75, 3.05) is 13.2 Å². The molecule has 0 aromatic carbocycles. The lowest BCUT2D eigenvalue weighted by Gasteiger charge is -2.08. The maximum atomic E-state index is 11.7. The molecule has 1 aromatic rings. The third kappa shape index (κ3) is 4.72. The van der Waals surface area contributed by atoms with Gasteiger partial charge < -0.3 is 14.9 Å². The summed E-state index contributed by atoms with van der Waals surface area (Å²) in [6.07, 6.45) is -1.98. The smallest absolute Gasteiger partial charge is 0.261 e. The van der Waals surface area contributed by atoms with Gasteiger partial charge in [0, 0.05) is 6.61 Å². The third-order valence-corrected chi connectivity index (χ3v) is 2.20. The Kier molecular flexibility index (Phi) is 5.21. The van der Waals surface area contributed by atoms with Gasteiger partial charge in [0.05, 0.1) is 6.04 Å². The first-order chi connectivity index (χ1) is 7.09. The van der Waals surface area contributed by atoms with Crippen molar-refractivity contribution in [3.63, 3.8) is 0 Å². The van der Waals surface area contributed by atoms with Gasteiger partial charge in [-0.25, -0.2) is 8.78 Å². The second-order valence-electron chi connectivity index (χ2n) is 3.00. The molecular weight excluding hydrogens is 272 g/mol.